The molecule has 14 rings (SSSR count). The number of nitrogens with zero attached hydrogens (tertiary/aromatic N) is 11. The highest BCUT2D eigenvalue weighted by Crippen LogP contribution is 2.61. The second-order valence-corrected chi connectivity index (χ2v) is 26.9. The van der Waals surface area contributed by atoms with E-state index < -0.39 is 40.5 Å². The van der Waals surface area contributed by atoms with Crippen LogP contribution in [0.1, 0.15) is 89.0 Å². The number of rotatable bonds is 2. The first-order chi connectivity index (χ1) is 44.7. The number of nitriles is 1. The van der Waals surface area contributed by atoms with Gasteiger partial charge in [-0.05, 0) is 83.5 Å². The van der Waals surface area contributed by atoms with Crippen molar-refractivity contribution in [3.8, 4) is 34.4 Å². The number of likely N-dealkylation sites (N-methyl/N-ethyl adjacent to an activating group) is 3. The van der Waals surface area contributed by atoms with Gasteiger partial charge in [0.1, 0.15) is 17.2 Å². The molecule has 0 radical (unpaired) electrons. The van der Waals surface area contributed by atoms with Crippen LogP contribution in [-0.2, 0) is 45.4 Å². The number of nitrogens with two attached hydrogens (primary N) is 2. The molecule has 28 heteroatoms. The van der Waals surface area contributed by atoms with Crippen LogP contribution in [-0.4, -0.2) is 183 Å². The number of aliphatic imine (C=N–C) groups is 3. The summed E-state index contributed by atoms with van der Waals surface area (Å²) in [5, 5.41) is 27.4. The first kappa shape index (κ1) is 69.0. The Hall–Kier alpha value is -8.80. The number of piperidine rings is 3. The average Bonchev–Trinajstić information content (AvgIpc) is 1.55. The molecule has 0 bridgehead atoms. The molecule has 0 saturated carbocycles. The molecule has 6 spiro atoms. The number of likely N-dealkylation sites (tertiary alicyclic amines) is 3. The first-order valence-corrected chi connectivity index (χ1v) is 33.1. The number of thioether (sulfide) groups is 1. The zero-order valence-corrected chi connectivity index (χ0v) is 56.7. The highest BCUT2D eigenvalue weighted by molar-refractivity contribution is 9.10. The lowest BCUT2D eigenvalue weighted by Crippen LogP contribution is -2.60. The van der Waals surface area contributed by atoms with Crippen LogP contribution >= 0.6 is 43.6 Å². The second-order valence-electron chi connectivity index (χ2n) is 24.3. The fourth-order valence-corrected chi connectivity index (χ4v) is 15.7. The van der Waals surface area contributed by atoms with Gasteiger partial charge in [-0.1, -0.05) is 93.5 Å². The van der Waals surface area contributed by atoms with Gasteiger partial charge in [-0.3, -0.25) is 43.5 Å². The highest BCUT2D eigenvalue weighted by Gasteiger charge is 2.72. The minimum atomic E-state index is -1.49. The van der Waals surface area contributed by atoms with E-state index in [1.54, 1.807) is 80.9 Å². The quantitative estimate of drug-likeness (QED) is 0.111. The molecular weight excluding hydrogens is 1370 g/mol. The van der Waals surface area contributed by atoms with E-state index in [-0.39, 0.29) is 54.8 Å². The summed E-state index contributed by atoms with van der Waals surface area (Å²) in [5.41, 5.74) is 11.3. The summed E-state index contributed by atoms with van der Waals surface area (Å²) in [4.78, 5) is 103. The van der Waals surface area contributed by atoms with Crippen LogP contribution in [0.25, 0.3) is 16.0 Å². The largest absolute Gasteiger partial charge is 0.487 e. The third kappa shape index (κ3) is 11.2. The Bertz CT molecular complexity index is 4170. The Morgan fingerprint density at radius 2 is 0.979 bits per heavy atom. The lowest BCUT2D eigenvalue weighted by Gasteiger charge is -2.44. The lowest BCUT2D eigenvalue weighted by atomic mass is 9.70. The number of amidine groups is 1. The fourth-order valence-electron chi connectivity index (χ4n) is 14.4. The molecule has 6 N–H and O–H groups in total. The SMILES string of the molecule is C.CC(=O)N1CCC2(CC1)Oc1ccc(-c3cccc(C#N)c3)cc1C21N=C(N)N(C)C1=O.CC(=O)N1CCC2(CC1)Oc1ccc(Br)cc1C21N=C(N)N(C)C1=O.CSC1=NC2(C(=O)N1C)c1cc(Br)ccc1OC21CCN(C(C)=O)CC1.[C-]#[N+]c1cccc(B(O)O)c1. The number of carbonyl (C=O) groups excluding carboxylic acids is 6. The Labute approximate surface area is 572 Å². The number of benzene rings is 5. The van der Waals surface area contributed by atoms with Crippen LogP contribution in [0.3, 0.4) is 0 Å². The molecular formula is C67H72BBr2N13O11S. The Morgan fingerprint density at radius 1 is 0.589 bits per heavy atom. The summed E-state index contributed by atoms with van der Waals surface area (Å²) in [6.45, 7) is 14.5. The Balaban J connectivity index is 0.000000144. The van der Waals surface area contributed by atoms with E-state index in [1.807, 2.05) is 84.0 Å². The van der Waals surface area contributed by atoms with Gasteiger partial charge in [-0.2, -0.15) is 5.26 Å². The maximum atomic E-state index is 13.7. The van der Waals surface area contributed by atoms with Crippen LogP contribution in [0.15, 0.2) is 127 Å². The maximum absolute atomic E-state index is 13.7. The van der Waals surface area contributed by atoms with Crippen molar-refractivity contribution in [3.63, 3.8) is 0 Å². The molecule has 9 aliphatic heterocycles. The van der Waals surface area contributed by atoms with Crippen molar-refractivity contribution in [2.75, 3.05) is 66.7 Å². The maximum Gasteiger partial charge on any atom is 0.487 e. The number of amides is 6. The third-order valence-corrected chi connectivity index (χ3v) is 21.1. The molecule has 5 aromatic rings. The third-order valence-electron chi connectivity index (χ3n) is 19.4. The predicted molar refractivity (Wildman–Crippen MR) is 366 cm³/mol. The summed E-state index contributed by atoms with van der Waals surface area (Å²) in [6, 6.07) is 32.8. The normalized spacial score (nSPS) is 23.1. The smallest absolute Gasteiger partial charge is 0.483 e. The highest BCUT2D eigenvalue weighted by atomic mass is 79.9. The van der Waals surface area contributed by atoms with E-state index in [4.69, 9.17) is 52.3 Å². The molecule has 24 nitrogen and oxygen atoms in total. The van der Waals surface area contributed by atoms with Gasteiger partial charge in [0.05, 0.1) is 18.2 Å². The Kier molecular flexibility index (Phi) is 19.0. The molecule has 6 amide bonds. The van der Waals surface area contributed by atoms with Crippen molar-refractivity contribution in [3.05, 3.63) is 146 Å². The zero-order valence-electron chi connectivity index (χ0n) is 52.7. The monoisotopic (exact) mass is 1440 g/mol. The van der Waals surface area contributed by atoms with Crippen molar-refractivity contribution < 1.29 is 53.0 Å². The van der Waals surface area contributed by atoms with Crippen LogP contribution in [0.2, 0.25) is 0 Å². The second kappa shape index (κ2) is 26.1. The number of hydrogen-bond donors (Lipinski definition) is 4. The zero-order chi connectivity index (χ0) is 67.6. The van der Waals surface area contributed by atoms with E-state index in [0.29, 0.717) is 122 Å². The number of hydrogen-bond acceptors (Lipinski definition) is 18. The van der Waals surface area contributed by atoms with Gasteiger partial charge in [0.15, 0.2) is 39.6 Å². The van der Waals surface area contributed by atoms with Gasteiger partial charge in [-0.15, -0.1) is 0 Å². The molecule has 3 saturated heterocycles. The molecule has 494 valence electrons. The number of ether oxygens (including phenoxy) is 3. The first-order valence-electron chi connectivity index (χ1n) is 30.3. The van der Waals surface area contributed by atoms with E-state index >= 15 is 0 Å². The Morgan fingerprint density at radius 3 is 1.35 bits per heavy atom. The van der Waals surface area contributed by atoms with Crippen molar-refractivity contribution in [2.45, 2.75) is 100 Å². The van der Waals surface area contributed by atoms with E-state index in [9.17, 15) is 34.0 Å². The molecule has 9 aliphatic rings. The van der Waals surface area contributed by atoms with E-state index in [0.717, 1.165) is 31.2 Å². The molecule has 5 aromatic carbocycles. The van der Waals surface area contributed by atoms with Gasteiger partial charge < -0.3 is 50.4 Å². The molecule has 0 aliphatic carbocycles. The fraction of sp³-hybridized carbons (Fsp3) is 0.388. The van der Waals surface area contributed by atoms with Crippen molar-refractivity contribution in [1.29, 1.82) is 5.26 Å². The van der Waals surface area contributed by atoms with Crippen LogP contribution in [0, 0.1) is 17.9 Å². The van der Waals surface area contributed by atoms with Crippen molar-refractivity contribution >= 4 is 114 Å². The molecule has 3 atom stereocenters. The number of fused-ring (bicyclic) bond motifs is 9. The molecule has 3 unspecified atom stereocenters. The van der Waals surface area contributed by atoms with Gasteiger partial charge in [0.25, 0.3) is 17.7 Å². The minimum Gasteiger partial charge on any atom is -0.483 e. The van der Waals surface area contributed by atoms with E-state index in [2.05, 4.69) is 47.8 Å². The van der Waals surface area contributed by atoms with Crippen molar-refractivity contribution in [2.24, 2.45) is 26.4 Å². The molecule has 0 aromatic heterocycles. The lowest BCUT2D eigenvalue weighted by molar-refractivity contribution is -0.144. The topological polar surface area (TPSA) is 307 Å². The summed E-state index contributed by atoms with van der Waals surface area (Å²) in [6.07, 6.45) is 5.05. The summed E-state index contributed by atoms with van der Waals surface area (Å²) < 4.78 is 21.0. The predicted octanol–water partition coefficient (Wildman–Crippen LogP) is 6.35. The molecule has 9 heterocycles. The van der Waals surface area contributed by atoms with Gasteiger partial charge in [-0.25, -0.2) is 19.8 Å². The summed E-state index contributed by atoms with van der Waals surface area (Å²) in [5.74, 6) is 1.91. The van der Waals surface area contributed by atoms with Crippen LogP contribution in [0.5, 0.6) is 17.2 Å². The summed E-state index contributed by atoms with van der Waals surface area (Å²) >= 11 is 8.45. The van der Waals surface area contributed by atoms with Crippen molar-refractivity contribution in [1.82, 2.24) is 29.4 Å². The molecule has 3 fully saturated rings. The average molecular weight is 1440 g/mol. The number of guanidine groups is 2. The minimum absolute atomic E-state index is 0. The number of carbonyl (C=O) groups is 6. The summed E-state index contributed by atoms with van der Waals surface area (Å²) in [7, 11) is 3.52. The van der Waals surface area contributed by atoms with E-state index in [1.165, 1.54) is 27.6 Å². The standard InChI is InChI=1S/C24H23N5O3.C18H20BrN3O3S.C17H19BrN4O3.C7H6BNO2.CH4/c1-15(30)29-10-8-23(9-11-29)24(21(31)28(2)22(26)27-24)19-13-18(6-7-20(19)32-23)17-5-3-4-16(12-17)14-25;1-11(23)22-8-6-17(7-9-22)18(15(24)21(2)16(20-18)26-3)13-10-12(19)4-5-14(13)25-17;1-10(23)22-7-5-16(6-8-22)17(14(24)21(2)15(19)20-17)12-9-11(18)3-4-13(12)25-16;1-9-7-4-2-3-6(5-7)8(10)11;/h3-7,12-13H,8-11H2,1-2H3,(H2,26,27);4-5,10H,6-9H2,1-3H3;3-4,9H,5-8H2,1-2H3,(H2,19,20);2-5,10-11H;1H4. The van der Waals surface area contributed by atoms with Gasteiger partial charge in [0.2, 0.25) is 34.3 Å². The van der Waals surface area contributed by atoms with Gasteiger partial charge in [0, 0.05) is 145 Å². The number of halogens is 2. The van der Waals surface area contributed by atoms with Crippen LogP contribution < -0.4 is 31.1 Å². The van der Waals surface area contributed by atoms with Crippen LogP contribution in [0.4, 0.5) is 5.69 Å². The molecule has 95 heavy (non-hydrogen) atoms. The van der Waals surface area contributed by atoms with Gasteiger partial charge >= 0.3 is 7.12 Å².